The third kappa shape index (κ3) is 4.95. The number of Topliss-reactive ketones (excluding diaryl/α,β-unsaturated/α-hetero) is 1. The smallest absolute Gasteiger partial charge is 0.221 e. The Hall–Kier alpha value is -2.73. The van der Waals surface area contributed by atoms with Crippen molar-refractivity contribution < 1.29 is 18.7 Å². The van der Waals surface area contributed by atoms with E-state index >= 15 is 0 Å². The summed E-state index contributed by atoms with van der Waals surface area (Å²) < 4.78 is 18.9. The van der Waals surface area contributed by atoms with Gasteiger partial charge in [-0.1, -0.05) is 12.1 Å². The fourth-order valence-corrected chi connectivity index (χ4v) is 3.66. The maximum Gasteiger partial charge on any atom is 0.221 e. The van der Waals surface area contributed by atoms with Gasteiger partial charge in [0.25, 0.3) is 0 Å². The van der Waals surface area contributed by atoms with Gasteiger partial charge in [0.15, 0.2) is 5.78 Å². The Bertz CT molecular complexity index is 851. The lowest BCUT2D eigenvalue weighted by atomic mass is 9.89. The van der Waals surface area contributed by atoms with Crippen molar-refractivity contribution >= 4 is 17.4 Å². The molecule has 0 unspecified atom stereocenters. The number of hydrogen-bond acceptors (Lipinski definition) is 4. The molecule has 148 valence electrons. The van der Waals surface area contributed by atoms with Crippen molar-refractivity contribution in [2.45, 2.75) is 26.3 Å². The van der Waals surface area contributed by atoms with Crippen molar-refractivity contribution in [1.82, 2.24) is 4.90 Å². The van der Waals surface area contributed by atoms with Crippen LogP contribution >= 0.6 is 0 Å². The third-order valence-corrected chi connectivity index (χ3v) is 4.98. The number of ether oxygens (including phenoxy) is 1. The van der Waals surface area contributed by atoms with Gasteiger partial charge in [0.2, 0.25) is 5.91 Å². The Labute approximate surface area is 164 Å². The molecule has 0 spiro atoms. The zero-order chi connectivity index (χ0) is 20.1. The van der Waals surface area contributed by atoms with E-state index in [0.29, 0.717) is 17.9 Å². The Morgan fingerprint density at radius 2 is 1.96 bits per heavy atom. The summed E-state index contributed by atoms with van der Waals surface area (Å²) in [5, 5.41) is 2.75. The van der Waals surface area contributed by atoms with Gasteiger partial charge in [0.1, 0.15) is 11.6 Å². The molecule has 1 saturated heterocycles. The largest absolute Gasteiger partial charge is 0.496 e. The highest BCUT2D eigenvalue weighted by Gasteiger charge is 2.28. The molecule has 0 aliphatic carbocycles. The summed E-state index contributed by atoms with van der Waals surface area (Å²) in [4.78, 5) is 26.3. The van der Waals surface area contributed by atoms with Crippen LogP contribution in [-0.2, 0) is 11.3 Å². The molecule has 1 aliphatic heterocycles. The Balaban J connectivity index is 1.66. The van der Waals surface area contributed by atoms with Gasteiger partial charge in [-0.05, 0) is 55.3 Å². The number of halogens is 1. The second-order valence-corrected chi connectivity index (χ2v) is 7.16. The molecule has 1 atom stereocenters. The third-order valence-electron chi connectivity index (χ3n) is 4.98. The summed E-state index contributed by atoms with van der Waals surface area (Å²) in [6.45, 7) is 3.75. The summed E-state index contributed by atoms with van der Waals surface area (Å²) >= 11 is 0. The van der Waals surface area contributed by atoms with E-state index in [0.717, 1.165) is 37.2 Å². The molecule has 2 aromatic carbocycles. The summed E-state index contributed by atoms with van der Waals surface area (Å²) in [6.07, 6.45) is 1.70. The Morgan fingerprint density at radius 1 is 1.21 bits per heavy atom. The van der Waals surface area contributed by atoms with Gasteiger partial charge >= 0.3 is 0 Å². The zero-order valence-corrected chi connectivity index (χ0v) is 16.2. The summed E-state index contributed by atoms with van der Waals surface area (Å²) in [5.74, 6) is -0.365. The van der Waals surface area contributed by atoms with Gasteiger partial charge < -0.3 is 10.1 Å². The topological polar surface area (TPSA) is 58.6 Å². The first-order chi connectivity index (χ1) is 13.5. The Morgan fingerprint density at radius 3 is 2.64 bits per heavy atom. The number of ketones is 1. The molecule has 1 heterocycles. The number of carbonyl (C=O) groups excluding carboxylic acids is 2. The van der Waals surface area contributed by atoms with Crippen LogP contribution in [0.2, 0.25) is 0 Å². The Kier molecular flexibility index (Phi) is 6.41. The van der Waals surface area contributed by atoms with E-state index < -0.39 is 5.82 Å². The predicted octanol–water partition coefficient (Wildman–Crippen LogP) is 3.89. The monoisotopic (exact) mass is 384 g/mol. The van der Waals surface area contributed by atoms with Crippen LogP contribution in [0, 0.1) is 11.7 Å². The second-order valence-electron chi connectivity index (χ2n) is 7.16. The summed E-state index contributed by atoms with van der Waals surface area (Å²) in [6, 6.07) is 11.8. The van der Waals surface area contributed by atoms with Crippen molar-refractivity contribution in [3.05, 3.63) is 59.4 Å². The summed E-state index contributed by atoms with van der Waals surface area (Å²) in [5.41, 5.74) is 2.20. The molecule has 5 nitrogen and oxygen atoms in total. The SMILES string of the molecule is COc1ccc(F)cc1C(=O)[C@H]1CCCN(Cc2ccc(NC(C)=O)cc2)C1. The highest BCUT2D eigenvalue weighted by atomic mass is 19.1. The number of methoxy groups -OCH3 is 1. The molecular formula is C22H25FN2O3. The van der Waals surface area contributed by atoms with Crippen molar-refractivity contribution in [2.75, 3.05) is 25.5 Å². The number of hydrogen-bond donors (Lipinski definition) is 1. The lowest BCUT2D eigenvalue weighted by Crippen LogP contribution is -2.38. The molecule has 0 aromatic heterocycles. The van der Waals surface area contributed by atoms with Crippen molar-refractivity contribution in [3.63, 3.8) is 0 Å². The van der Waals surface area contributed by atoms with Gasteiger partial charge in [0, 0.05) is 31.6 Å². The van der Waals surface area contributed by atoms with E-state index in [-0.39, 0.29) is 17.6 Å². The number of amides is 1. The summed E-state index contributed by atoms with van der Waals surface area (Å²) in [7, 11) is 1.49. The van der Waals surface area contributed by atoms with E-state index in [1.807, 2.05) is 24.3 Å². The fraction of sp³-hybridized carbons (Fsp3) is 0.364. The first kappa shape index (κ1) is 20.0. The van der Waals surface area contributed by atoms with Gasteiger partial charge in [-0.25, -0.2) is 4.39 Å². The van der Waals surface area contributed by atoms with E-state index in [2.05, 4.69) is 10.2 Å². The van der Waals surface area contributed by atoms with Gasteiger partial charge in [-0.2, -0.15) is 0 Å². The van der Waals surface area contributed by atoms with Gasteiger partial charge in [0.05, 0.1) is 12.7 Å². The number of nitrogens with one attached hydrogen (secondary N) is 1. The van der Waals surface area contributed by atoms with Crippen LogP contribution < -0.4 is 10.1 Å². The molecule has 1 amide bonds. The molecule has 6 heteroatoms. The minimum absolute atomic E-state index is 0.0675. The van der Waals surface area contributed by atoms with E-state index in [4.69, 9.17) is 4.74 Å². The van der Waals surface area contributed by atoms with Crippen molar-refractivity contribution in [2.24, 2.45) is 5.92 Å². The highest BCUT2D eigenvalue weighted by Crippen LogP contribution is 2.27. The van der Waals surface area contributed by atoms with Crippen LogP contribution in [0.1, 0.15) is 35.7 Å². The molecule has 1 aliphatic rings. The normalized spacial score (nSPS) is 17.2. The number of likely N-dealkylation sites (tertiary alicyclic amines) is 1. The molecule has 28 heavy (non-hydrogen) atoms. The van der Waals surface area contributed by atoms with Crippen LogP contribution in [0.5, 0.6) is 5.75 Å². The van der Waals surface area contributed by atoms with Crippen molar-refractivity contribution in [1.29, 1.82) is 0 Å². The molecule has 2 aromatic rings. The molecule has 0 bridgehead atoms. The molecule has 3 rings (SSSR count). The van der Waals surface area contributed by atoms with Crippen LogP contribution in [-0.4, -0.2) is 36.8 Å². The van der Waals surface area contributed by atoms with Crippen molar-refractivity contribution in [3.8, 4) is 5.75 Å². The van der Waals surface area contributed by atoms with E-state index in [1.54, 1.807) is 0 Å². The maximum absolute atomic E-state index is 13.6. The van der Waals surface area contributed by atoms with Gasteiger partial charge in [-0.15, -0.1) is 0 Å². The molecule has 1 fully saturated rings. The van der Waals surface area contributed by atoms with Crippen LogP contribution in [0.3, 0.4) is 0 Å². The number of piperidine rings is 1. The number of anilines is 1. The lowest BCUT2D eigenvalue weighted by molar-refractivity contribution is -0.114. The van der Waals surface area contributed by atoms with Gasteiger partial charge in [-0.3, -0.25) is 14.5 Å². The quantitative estimate of drug-likeness (QED) is 0.768. The number of nitrogens with zero attached hydrogens (tertiary/aromatic N) is 1. The molecule has 0 radical (unpaired) electrons. The fourth-order valence-electron chi connectivity index (χ4n) is 3.66. The van der Waals surface area contributed by atoms with Crippen LogP contribution in [0.25, 0.3) is 0 Å². The van der Waals surface area contributed by atoms with Crippen LogP contribution in [0.15, 0.2) is 42.5 Å². The first-order valence-electron chi connectivity index (χ1n) is 9.43. The second kappa shape index (κ2) is 8.97. The lowest BCUT2D eigenvalue weighted by Gasteiger charge is -2.32. The van der Waals surface area contributed by atoms with E-state index in [9.17, 15) is 14.0 Å². The predicted molar refractivity (Wildman–Crippen MR) is 106 cm³/mol. The highest BCUT2D eigenvalue weighted by molar-refractivity contribution is 6.00. The van der Waals surface area contributed by atoms with E-state index in [1.165, 1.54) is 32.2 Å². The number of rotatable bonds is 6. The zero-order valence-electron chi connectivity index (χ0n) is 16.2. The average Bonchev–Trinajstić information content (AvgIpc) is 2.69. The molecule has 0 saturated carbocycles. The average molecular weight is 384 g/mol. The minimum Gasteiger partial charge on any atom is -0.496 e. The minimum atomic E-state index is -0.434. The standard InChI is InChI=1S/C22H25FN2O3/c1-15(26)24-19-8-5-16(6-9-19)13-25-11-3-4-17(14-25)22(27)20-12-18(23)7-10-21(20)28-2/h5-10,12,17H,3-4,11,13-14H2,1-2H3,(H,24,26)/t17-/m0/s1. The maximum atomic E-state index is 13.6. The number of benzene rings is 2. The molecular weight excluding hydrogens is 359 g/mol. The van der Waals surface area contributed by atoms with Crippen LogP contribution in [0.4, 0.5) is 10.1 Å². The number of carbonyl (C=O) groups is 2. The molecule has 1 N–H and O–H groups in total. The first-order valence-corrected chi connectivity index (χ1v) is 9.43.